The molecule has 1 heterocycles. The fraction of sp³-hybridized carbons (Fsp3) is 0.364. The Hall–Kier alpha value is -1.25. The van der Waals surface area contributed by atoms with Gasteiger partial charge in [0.15, 0.2) is 0 Å². The number of carbonyl (C=O) groups excluding carboxylic acids is 1. The van der Waals surface area contributed by atoms with Gasteiger partial charge in [-0.1, -0.05) is 24.4 Å². The van der Waals surface area contributed by atoms with Crippen LogP contribution in [0.5, 0.6) is 0 Å². The van der Waals surface area contributed by atoms with Crippen molar-refractivity contribution in [3.05, 3.63) is 24.3 Å². The van der Waals surface area contributed by atoms with Crippen LogP contribution in [0, 0.1) is 0 Å². The largest absolute Gasteiger partial charge is 0.312 e. The number of nitrogens with zero attached hydrogens (tertiary/aromatic N) is 1. The van der Waals surface area contributed by atoms with Gasteiger partial charge < -0.3 is 4.90 Å². The van der Waals surface area contributed by atoms with Crippen LogP contribution >= 0.6 is 0 Å². The highest BCUT2D eigenvalue weighted by Crippen LogP contribution is 2.19. The quantitative estimate of drug-likeness (QED) is 0.635. The standard InChI is InChI=1S/C11H13BNO/c1-12-9-4-6-10(7-5-9)13-8-2-3-11(13)14/h4-7H,2-3,8H2,1H3. The van der Waals surface area contributed by atoms with Crippen LogP contribution in [0.25, 0.3) is 0 Å². The van der Waals surface area contributed by atoms with Gasteiger partial charge in [0, 0.05) is 18.7 Å². The summed E-state index contributed by atoms with van der Waals surface area (Å²) in [4.78, 5) is 13.3. The zero-order chi connectivity index (χ0) is 9.97. The maximum atomic E-state index is 11.4. The van der Waals surface area contributed by atoms with Crippen LogP contribution in [0.4, 0.5) is 5.69 Å². The summed E-state index contributed by atoms with van der Waals surface area (Å²) in [6.45, 7) is 2.88. The summed E-state index contributed by atoms with van der Waals surface area (Å²) < 4.78 is 0. The first-order chi connectivity index (χ1) is 6.81. The monoisotopic (exact) mass is 186 g/mol. The Morgan fingerprint density at radius 2 is 2.00 bits per heavy atom. The molecule has 1 amide bonds. The predicted octanol–water partition coefficient (Wildman–Crippen LogP) is 1.19. The maximum absolute atomic E-state index is 11.4. The van der Waals surface area contributed by atoms with Gasteiger partial charge in [0.05, 0.1) is 0 Å². The minimum atomic E-state index is 0.248. The number of anilines is 1. The van der Waals surface area contributed by atoms with Crippen molar-refractivity contribution in [2.24, 2.45) is 0 Å². The first-order valence-corrected chi connectivity index (χ1v) is 5.01. The molecule has 1 fully saturated rings. The van der Waals surface area contributed by atoms with E-state index in [2.05, 4.69) is 7.28 Å². The molecule has 1 aliphatic heterocycles. The smallest absolute Gasteiger partial charge is 0.227 e. The highest BCUT2D eigenvalue weighted by molar-refractivity contribution is 6.51. The molecule has 2 nitrogen and oxygen atoms in total. The van der Waals surface area contributed by atoms with Gasteiger partial charge in [-0.3, -0.25) is 4.79 Å². The molecule has 1 aromatic rings. The fourth-order valence-electron chi connectivity index (χ4n) is 1.77. The van der Waals surface area contributed by atoms with Crippen molar-refractivity contribution < 1.29 is 4.79 Å². The number of hydrogen-bond acceptors (Lipinski definition) is 1. The van der Waals surface area contributed by atoms with Gasteiger partial charge in [-0.05, 0) is 18.6 Å². The molecule has 1 radical (unpaired) electrons. The van der Waals surface area contributed by atoms with E-state index >= 15 is 0 Å². The molecule has 1 aliphatic rings. The van der Waals surface area contributed by atoms with E-state index < -0.39 is 0 Å². The first kappa shape index (κ1) is 9.32. The molecule has 14 heavy (non-hydrogen) atoms. The van der Waals surface area contributed by atoms with Crippen molar-refractivity contribution in [1.82, 2.24) is 0 Å². The first-order valence-electron chi connectivity index (χ1n) is 5.01. The molecule has 0 saturated carbocycles. The summed E-state index contributed by atoms with van der Waals surface area (Å²) in [6.07, 6.45) is 1.68. The third-order valence-electron chi connectivity index (χ3n) is 2.61. The van der Waals surface area contributed by atoms with Crippen LogP contribution in [-0.2, 0) is 4.79 Å². The molecular formula is C11H13BNO. The summed E-state index contributed by atoms with van der Waals surface area (Å²) in [6, 6.07) is 8.11. The highest BCUT2D eigenvalue weighted by atomic mass is 16.2. The van der Waals surface area contributed by atoms with Gasteiger partial charge in [-0.25, -0.2) is 0 Å². The number of amides is 1. The minimum absolute atomic E-state index is 0.248. The van der Waals surface area contributed by atoms with Crippen molar-refractivity contribution >= 4 is 24.3 Å². The van der Waals surface area contributed by atoms with Crippen LogP contribution in [0.1, 0.15) is 12.8 Å². The van der Waals surface area contributed by atoms with Gasteiger partial charge in [-0.15, -0.1) is 0 Å². The number of carbonyl (C=O) groups is 1. The minimum Gasteiger partial charge on any atom is -0.312 e. The Labute approximate surface area is 85.2 Å². The summed E-state index contributed by atoms with van der Waals surface area (Å²) in [5.41, 5.74) is 2.22. The summed E-state index contributed by atoms with van der Waals surface area (Å²) >= 11 is 0. The highest BCUT2D eigenvalue weighted by Gasteiger charge is 2.21. The number of hydrogen-bond donors (Lipinski definition) is 0. The van der Waals surface area contributed by atoms with Crippen LogP contribution in [0.2, 0.25) is 6.82 Å². The molecule has 0 N–H and O–H groups in total. The molecular weight excluding hydrogens is 173 g/mol. The second-order valence-electron chi connectivity index (χ2n) is 3.53. The normalized spacial score (nSPS) is 16.1. The molecule has 1 aromatic carbocycles. The van der Waals surface area contributed by atoms with E-state index in [0.29, 0.717) is 6.42 Å². The van der Waals surface area contributed by atoms with E-state index in [-0.39, 0.29) is 5.91 Å². The summed E-state index contributed by atoms with van der Waals surface area (Å²) in [5, 5.41) is 0. The predicted molar refractivity (Wildman–Crippen MR) is 59.3 cm³/mol. The van der Waals surface area contributed by atoms with Gasteiger partial charge in [-0.2, -0.15) is 0 Å². The molecule has 0 atom stereocenters. The molecule has 0 bridgehead atoms. The van der Waals surface area contributed by atoms with Gasteiger partial charge in [0.1, 0.15) is 7.28 Å². The van der Waals surface area contributed by atoms with Crippen LogP contribution in [0.15, 0.2) is 24.3 Å². The van der Waals surface area contributed by atoms with Crippen LogP contribution in [-0.4, -0.2) is 19.7 Å². The lowest BCUT2D eigenvalue weighted by Crippen LogP contribution is -2.24. The molecule has 3 heteroatoms. The lowest BCUT2D eigenvalue weighted by molar-refractivity contribution is -0.117. The third kappa shape index (κ3) is 1.67. The summed E-state index contributed by atoms with van der Waals surface area (Å²) in [5.74, 6) is 0.248. The zero-order valence-electron chi connectivity index (χ0n) is 8.36. The van der Waals surface area contributed by atoms with E-state index in [0.717, 1.165) is 18.7 Å². The Kier molecular flexibility index (Phi) is 2.57. The Morgan fingerprint density at radius 1 is 1.29 bits per heavy atom. The van der Waals surface area contributed by atoms with E-state index in [1.165, 1.54) is 5.46 Å². The van der Waals surface area contributed by atoms with Gasteiger partial charge in [0.2, 0.25) is 5.91 Å². The van der Waals surface area contributed by atoms with E-state index in [4.69, 9.17) is 0 Å². The fourth-order valence-corrected chi connectivity index (χ4v) is 1.77. The van der Waals surface area contributed by atoms with Crippen molar-refractivity contribution in [2.45, 2.75) is 19.7 Å². The van der Waals surface area contributed by atoms with Crippen molar-refractivity contribution in [3.8, 4) is 0 Å². The topological polar surface area (TPSA) is 20.3 Å². The SMILES string of the molecule is C[B]c1ccc(N2CCCC2=O)cc1. The third-order valence-corrected chi connectivity index (χ3v) is 2.61. The van der Waals surface area contributed by atoms with Gasteiger partial charge >= 0.3 is 0 Å². The van der Waals surface area contributed by atoms with Crippen molar-refractivity contribution in [2.75, 3.05) is 11.4 Å². The molecule has 71 valence electrons. The second kappa shape index (κ2) is 3.87. The number of rotatable bonds is 2. The molecule has 2 rings (SSSR count). The molecule has 0 aliphatic carbocycles. The van der Waals surface area contributed by atoms with E-state index in [9.17, 15) is 4.79 Å². The van der Waals surface area contributed by atoms with E-state index in [1.54, 1.807) is 0 Å². The van der Waals surface area contributed by atoms with E-state index in [1.807, 2.05) is 36.0 Å². The zero-order valence-corrected chi connectivity index (χ0v) is 8.36. The Morgan fingerprint density at radius 3 is 2.50 bits per heavy atom. The van der Waals surface area contributed by atoms with Gasteiger partial charge in [0.25, 0.3) is 0 Å². The average molecular weight is 186 g/mol. The molecule has 1 saturated heterocycles. The van der Waals surface area contributed by atoms with Crippen molar-refractivity contribution in [1.29, 1.82) is 0 Å². The lowest BCUT2D eigenvalue weighted by atomic mass is 9.73. The average Bonchev–Trinajstić information content (AvgIpc) is 2.65. The van der Waals surface area contributed by atoms with Crippen LogP contribution < -0.4 is 10.4 Å². The Balaban J connectivity index is 2.20. The second-order valence-corrected chi connectivity index (χ2v) is 3.53. The lowest BCUT2D eigenvalue weighted by Gasteiger charge is -2.15. The Bertz CT molecular complexity index is 334. The molecule has 0 unspecified atom stereocenters. The molecule has 0 spiro atoms. The molecule has 0 aromatic heterocycles. The van der Waals surface area contributed by atoms with Crippen LogP contribution in [0.3, 0.4) is 0 Å². The summed E-state index contributed by atoms with van der Waals surface area (Å²) in [7, 11) is 2.05. The number of benzene rings is 1. The maximum Gasteiger partial charge on any atom is 0.227 e. The van der Waals surface area contributed by atoms with Crippen molar-refractivity contribution in [3.63, 3.8) is 0 Å².